The molecule has 1 N–H and O–H groups in total. The molecule has 0 bridgehead atoms. The van der Waals surface area contributed by atoms with Gasteiger partial charge in [-0.3, -0.25) is 4.79 Å². The van der Waals surface area contributed by atoms with E-state index < -0.39 is 5.97 Å². The van der Waals surface area contributed by atoms with Crippen molar-refractivity contribution in [1.29, 1.82) is 0 Å². The minimum atomic E-state index is -0.762. The van der Waals surface area contributed by atoms with Gasteiger partial charge in [0, 0.05) is 11.1 Å². The number of carboxylic acid groups (broad SMARTS) is 1. The topological polar surface area (TPSA) is 46.5 Å². The summed E-state index contributed by atoms with van der Waals surface area (Å²) in [5.74, 6) is 0.0460. The number of fused-ring (bicyclic) bond motifs is 1. The van der Waals surface area contributed by atoms with E-state index in [1.807, 2.05) is 23.6 Å². The molecule has 84 valence electrons. The van der Waals surface area contributed by atoms with E-state index in [0.717, 1.165) is 16.7 Å². The molecule has 0 aliphatic carbocycles. The number of methoxy groups -OCH3 is 1. The summed E-state index contributed by atoms with van der Waals surface area (Å²) in [4.78, 5) is 10.5. The summed E-state index contributed by atoms with van der Waals surface area (Å²) in [6, 6.07) is 5.88. The molecule has 4 heteroatoms. The SMILES string of the molecule is COc1ccc2scc(CCC(=O)O)c2c1. The standard InChI is InChI=1S/C12H12O3S/c1-15-9-3-4-11-10(6-9)8(7-16-11)2-5-12(13)14/h3-4,6-7H,2,5H2,1H3,(H,13,14). The van der Waals surface area contributed by atoms with Crippen molar-refractivity contribution in [2.75, 3.05) is 7.11 Å². The fourth-order valence-electron chi connectivity index (χ4n) is 1.62. The zero-order valence-corrected chi connectivity index (χ0v) is 9.71. The lowest BCUT2D eigenvalue weighted by Crippen LogP contribution is -1.96. The monoisotopic (exact) mass is 236 g/mol. The van der Waals surface area contributed by atoms with Crippen molar-refractivity contribution in [1.82, 2.24) is 0 Å². The highest BCUT2D eigenvalue weighted by molar-refractivity contribution is 7.17. The Morgan fingerprint density at radius 2 is 2.31 bits per heavy atom. The Hall–Kier alpha value is -1.55. The molecule has 16 heavy (non-hydrogen) atoms. The predicted octanol–water partition coefficient (Wildman–Crippen LogP) is 2.93. The van der Waals surface area contributed by atoms with E-state index in [-0.39, 0.29) is 6.42 Å². The van der Waals surface area contributed by atoms with Crippen LogP contribution in [-0.4, -0.2) is 18.2 Å². The summed E-state index contributed by atoms with van der Waals surface area (Å²) in [6.07, 6.45) is 0.742. The molecule has 1 aromatic carbocycles. The first kappa shape index (κ1) is 11.0. The molecule has 0 spiro atoms. The van der Waals surface area contributed by atoms with E-state index in [1.54, 1.807) is 18.4 Å². The molecule has 0 aliphatic rings. The zero-order chi connectivity index (χ0) is 11.5. The van der Waals surface area contributed by atoms with Crippen LogP contribution in [-0.2, 0) is 11.2 Å². The van der Waals surface area contributed by atoms with Gasteiger partial charge in [0.1, 0.15) is 5.75 Å². The third-order valence-corrected chi connectivity index (χ3v) is 3.48. The lowest BCUT2D eigenvalue weighted by Gasteiger charge is -2.01. The van der Waals surface area contributed by atoms with Crippen molar-refractivity contribution in [3.05, 3.63) is 29.1 Å². The number of carbonyl (C=O) groups is 1. The largest absolute Gasteiger partial charge is 0.497 e. The van der Waals surface area contributed by atoms with Crippen LogP contribution in [0.25, 0.3) is 10.1 Å². The molecular weight excluding hydrogens is 224 g/mol. The Kier molecular flexibility index (Phi) is 3.10. The van der Waals surface area contributed by atoms with Crippen LogP contribution in [0, 0.1) is 0 Å². The highest BCUT2D eigenvalue weighted by Gasteiger charge is 2.07. The first-order chi connectivity index (χ1) is 7.70. The zero-order valence-electron chi connectivity index (χ0n) is 8.90. The minimum Gasteiger partial charge on any atom is -0.497 e. The Labute approximate surface area is 97.3 Å². The van der Waals surface area contributed by atoms with Crippen LogP contribution < -0.4 is 4.74 Å². The van der Waals surface area contributed by atoms with Crippen LogP contribution >= 0.6 is 11.3 Å². The molecule has 2 aromatic rings. The van der Waals surface area contributed by atoms with Gasteiger partial charge in [-0.15, -0.1) is 11.3 Å². The van der Waals surface area contributed by atoms with Crippen LogP contribution in [0.5, 0.6) is 5.75 Å². The maximum Gasteiger partial charge on any atom is 0.303 e. The number of aryl methyl sites for hydroxylation is 1. The fourth-order valence-corrected chi connectivity index (χ4v) is 2.60. The van der Waals surface area contributed by atoms with Crippen molar-refractivity contribution < 1.29 is 14.6 Å². The van der Waals surface area contributed by atoms with Gasteiger partial charge in [-0.2, -0.15) is 0 Å². The number of carboxylic acids is 1. The molecular formula is C12H12O3S. The minimum absolute atomic E-state index is 0.170. The Balaban J connectivity index is 2.34. The Morgan fingerprint density at radius 1 is 1.50 bits per heavy atom. The van der Waals surface area contributed by atoms with E-state index in [9.17, 15) is 4.79 Å². The number of aliphatic carboxylic acids is 1. The number of benzene rings is 1. The first-order valence-corrected chi connectivity index (χ1v) is 5.84. The lowest BCUT2D eigenvalue weighted by atomic mass is 10.1. The lowest BCUT2D eigenvalue weighted by molar-refractivity contribution is -0.136. The summed E-state index contributed by atoms with van der Waals surface area (Å²) < 4.78 is 6.33. The number of hydrogen-bond donors (Lipinski definition) is 1. The van der Waals surface area contributed by atoms with Crippen LogP contribution in [0.4, 0.5) is 0 Å². The summed E-state index contributed by atoms with van der Waals surface area (Å²) >= 11 is 1.64. The van der Waals surface area contributed by atoms with Gasteiger partial charge in [0.15, 0.2) is 0 Å². The summed E-state index contributed by atoms with van der Waals surface area (Å²) in [5, 5.41) is 11.8. The number of hydrogen-bond acceptors (Lipinski definition) is 3. The Morgan fingerprint density at radius 3 is 3.00 bits per heavy atom. The maximum absolute atomic E-state index is 10.5. The molecule has 0 amide bonds. The Bertz CT molecular complexity index is 516. The predicted molar refractivity (Wildman–Crippen MR) is 64.3 cm³/mol. The summed E-state index contributed by atoms with van der Waals surface area (Å²) in [5.41, 5.74) is 1.08. The third-order valence-electron chi connectivity index (χ3n) is 2.47. The highest BCUT2D eigenvalue weighted by atomic mass is 32.1. The molecule has 0 radical (unpaired) electrons. The van der Waals surface area contributed by atoms with Crippen molar-refractivity contribution in [2.45, 2.75) is 12.8 Å². The molecule has 2 rings (SSSR count). The molecule has 1 aromatic heterocycles. The van der Waals surface area contributed by atoms with Crippen molar-refractivity contribution >= 4 is 27.4 Å². The summed E-state index contributed by atoms with van der Waals surface area (Å²) in [6.45, 7) is 0. The average Bonchev–Trinajstić information content (AvgIpc) is 2.68. The maximum atomic E-state index is 10.5. The van der Waals surface area contributed by atoms with Crippen molar-refractivity contribution in [3.8, 4) is 5.75 Å². The van der Waals surface area contributed by atoms with Crippen LogP contribution in [0.1, 0.15) is 12.0 Å². The molecule has 1 heterocycles. The van der Waals surface area contributed by atoms with Gasteiger partial charge in [-0.1, -0.05) is 0 Å². The van der Waals surface area contributed by atoms with E-state index in [4.69, 9.17) is 9.84 Å². The second kappa shape index (κ2) is 4.53. The molecule has 0 saturated heterocycles. The quantitative estimate of drug-likeness (QED) is 0.887. The van der Waals surface area contributed by atoms with Gasteiger partial charge in [-0.25, -0.2) is 0 Å². The van der Waals surface area contributed by atoms with E-state index in [2.05, 4.69) is 0 Å². The van der Waals surface area contributed by atoms with Crippen LogP contribution in [0.3, 0.4) is 0 Å². The van der Waals surface area contributed by atoms with Crippen molar-refractivity contribution in [3.63, 3.8) is 0 Å². The second-order valence-electron chi connectivity index (χ2n) is 3.52. The molecule has 0 aliphatic heterocycles. The van der Waals surface area contributed by atoms with Crippen LogP contribution in [0.2, 0.25) is 0 Å². The normalized spacial score (nSPS) is 10.6. The molecule has 0 saturated carbocycles. The van der Waals surface area contributed by atoms with Gasteiger partial charge >= 0.3 is 5.97 Å². The number of thiophene rings is 1. The number of ether oxygens (including phenoxy) is 1. The first-order valence-electron chi connectivity index (χ1n) is 4.96. The molecule has 3 nitrogen and oxygen atoms in total. The average molecular weight is 236 g/mol. The van der Waals surface area contributed by atoms with Crippen LogP contribution in [0.15, 0.2) is 23.6 Å². The smallest absolute Gasteiger partial charge is 0.303 e. The molecule has 0 unspecified atom stereocenters. The second-order valence-corrected chi connectivity index (χ2v) is 4.43. The molecule has 0 fully saturated rings. The van der Waals surface area contributed by atoms with Gasteiger partial charge in [0.2, 0.25) is 0 Å². The van der Waals surface area contributed by atoms with E-state index >= 15 is 0 Å². The van der Waals surface area contributed by atoms with Gasteiger partial charge in [0.05, 0.1) is 7.11 Å². The summed E-state index contributed by atoms with van der Waals surface area (Å²) in [7, 11) is 1.63. The van der Waals surface area contributed by atoms with Gasteiger partial charge in [0.25, 0.3) is 0 Å². The third kappa shape index (κ3) is 2.17. The van der Waals surface area contributed by atoms with Gasteiger partial charge in [-0.05, 0) is 40.9 Å². The highest BCUT2D eigenvalue weighted by Crippen LogP contribution is 2.30. The van der Waals surface area contributed by atoms with E-state index in [1.165, 1.54) is 4.70 Å². The fraction of sp³-hybridized carbons (Fsp3) is 0.250. The molecule has 0 atom stereocenters. The van der Waals surface area contributed by atoms with Gasteiger partial charge < -0.3 is 9.84 Å². The van der Waals surface area contributed by atoms with E-state index in [0.29, 0.717) is 6.42 Å². The number of rotatable bonds is 4. The van der Waals surface area contributed by atoms with Crippen molar-refractivity contribution in [2.24, 2.45) is 0 Å².